The van der Waals surface area contributed by atoms with E-state index in [1.54, 1.807) is 0 Å². The maximum atomic E-state index is 12.4. The molecule has 0 radical (unpaired) electrons. The van der Waals surface area contributed by atoms with Crippen LogP contribution in [0.15, 0.2) is 18.2 Å². The molecule has 5 heteroatoms. The van der Waals surface area contributed by atoms with Gasteiger partial charge in [-0.15, -0.1) is 0 Å². The predicted molar refractivity (Wildman–Crippen MR) is 93.6 cm³/mol. The number of urea groups is 1. The first-order valence-corrected chi connectivity index (χ1v) is 9.71. The number of rotatable bonds is 3. The number of carbonyl (C=O) groups is 1. The van der Waals surface area contributed by atoms with E-state index in [2.05, 4.69) is 10.6 Å². The molecule has 0 saturated heterocycles. The first-order valence-electron chi connectivity index (χ1n) is 9.71. The van der Waals surface area contributed by atoms with Gasteiger partial charge in [0.1, 0.15) is 13.2 Å². The second kappa shape index (κ2) is 6.11. The summed E-state index contributed by atoms with van der Waals surface area (Å²) >= 11 is 0. The number of hydrogen-bond donors (Lipinski definition) is 2. The lowest BCUT2D eigenvalue weighted by atomic mass is 9.79. The molecule has 3 aliphatic carbocycles. The van der Waals surface area contributed by atoms with Crippen molar-refractivity contribution in [1.82, 2.24) is 10.6 Å². The Balaban J connectivity index is 1.15. The van der Waals surface area contributed by atoms with Crippen LogP contribution in [0.3, 0.4) is 0 Å². The predicted octanol–water partition coefficient (Wildman–Crippen LogP) is 3.08. The average molecular weight is 342 g/mol. The molecule has 0 unspecified atom stereocenters. The topological polar surface area (TPSA) is 59.6 Å². The zero-order chi connectivity index (χ0) is 16.8. The second-order valence-corrected chi connectivity index (χ2v) is 8.07. The first kappa shape index (κ1) is 15.4. The smallest absolute Gasteiger partial charge is 0.315 e. The number of hydrogen-bond acceptors (Lipinski definition) is 3. The van der Waals surface area contributed by atoms with E-state index in [0.29, 0.717) is 25.8 Å². The molecule has 5 rings (SSSR count). The van der Waals surface area contributed by atoms with E-state index in [-0.39, 0.29) is 6.03 Å². The Bertz CT molecular complexity index is 677. The zero-order valence-electron chi connectivity index (χ0n) is 14.5. The van der Waals surface area contributed by atoms with Gasteiger partial charge in [0.05, 0.1) is 0 Å². The van der Waals surface area contributed by atoms with E-state index in [4.69, 9.17) is 9.47 Å². The standard InChI is InChI=1S/C20H26N2O3/c23-20(21-11-12-4-5-18-19(8-12)25-7-6-24-18)22-17-10-13-9-16(17)15-3-1-2-14(13)15/h4-5,8,13-17H,1-3,6-7,9-11H2,(H2,21,22,23)/t13-,14+,15-,16+,17-/m1/s1. The quantitative estimate of drug-likeness (QED) is 0.887. The maximum Gasteiger partial charge on any atom is 0.315 e. The van der Waals surface area contributed by atoms with E-state index in [0.717, 1.165) is 40.7 Å². The number of nitrogens with one attached hydrogen (secondary N) is 2. The lowest BCUT2D eigenvalue weighted by Gasteiger charge is -2.32. The monoisotopic (exact) mass is 342 g/mol. The summed E-state index contributed by atoms with van der Waals surface area (Å²) in [6.07, 6.45) is 6.72. The van der Waals surface area contributed by atoms with E-state index in [9.17, 15) is 4.79 Å². The van der Waals surface area contributed by atoms with Crippen molar-refractivity contribution in [3.8, 4) is 11.5 Å². The minimum Gasteiger partial charge on any atom is -0.486 e. The third kappa shape index (κ3) is 2.74. The molecular formula is C20H26N2O3. The van der Waals surface area contributed by atoms with Crippen LogP contribution >= 0.6 is 0 Å². The molecule has 2 bridgehead atoms. The lowest BCUT2D eigenvalue weighted by Crippen LogP contribution is -2.46. The molecule has 25 heavy (non-hydrogen) atoms. The summed E-state index contributed by atoms with van der Waals surface area (Å²) in [7, 11) is 0. The molecule has 1 aromatic rings. The van der Waals surface area contributed by atoms with Crippen molar-refractivity contribution >= 4 is 6.03 Å². The van der Waals surface area contributed by atoms with Crippen LogP contribution in [0.5, 0.6) is 11.5 Å². The molecule has 3 fully saturated rings. The average Bonchev–Trinajstić information content (AvgIpc) is 3.33. The molecule has 5 nitrogen and oxygen atoms in total. The van der Waals surface area contributed by atoms with Crippen LogP contribution < -0.4 is 20.1 Å². The summed E-state index contributed by atoms with van der Waals surface area (Å²) < 4.78 is 11.1. The van der Waals surface area contributed by atoms with Gasteiger partial charge in [0.2, 0.25) is 0 Å². The van der Waals surface area contributed by atoms with E-state index in [1.165, 1.54) is 32.1 Å². The summed E-state index contributed by atoms with van der Waals surface area (Å²) in [6, 6.07) is 6.19. The SMILES string of the molecule is O=C(NCc1ccc2c(c1)OCCO2)N[C@@H]1C[C@H]2C[C@H]1[C@@H]1CCC[C@@H]21. The van der Waals surface area contributed by atoms with Crippen LogP contribution in [0.1, 0.15) is 37.7 Å². The summed E-state index contributed by atoms with van der Waals surface area (Å²) in [4.78, 5) is 12.4. The lowest BCUT2D eigenvalue weighted by molar-refractivity contribution is 0.171. The minimum atomic E-state index is -0.0398. The molecule has 3 saturated carbocycles. The van der Waals surface area contributed by atoms with Crippen molar-refractivity contribution in [2.45, 2.75) is 44.7 Å². The van der Waals surface area contributed by atoms with Gasteiger partial charge in [-0.2, -0.15) is 0 Å². The van der Waals surface area contributed by atoms with Gasteiger partial charge in [-0.25, -0.2) is 4.79 Å². The van der Waals surface area contributed by atoms with Crippen LogP contribution in [-0.4, -0.2) is 25.3 Å². The molecule has 0 aromatic heterocycles. The molecule has 5 atom stereocenters. The van der Waals surface area contributed by atoms with E-state index in [1.807, 2.05) is 18.2 Å². The fourth-order valence-corrected chi connectivity index (χ4v) is 5.83. The number of ether oxygens (including phenoxy) is 2. The number of carbonyl (C=O) groups excluding carboxylic acids is 1. The highest BCUT2D eigenvalue weighted by atomic mass is 16.6. The molecule has 1 aliphatic heterocycles. The third-order valence-electron chi connectivity index (χ3n) is 6.80. The van der Waals surface area contributed by atoms with Gasteiger partial charge >= 0.3 is 6.03 Å². The van der Waals surface area contributed by atoms with Crippen LogP contribution in [0, 0.1) is 23.7 Å². The number of fused-ring (bicyclic) bond motifs is 6. The molecule has 2 amide bonds. The van der Waals surface area contributed by atoms with E-state index >= 15 is 0 Å². The first-order chi connectivity index (χ1) is 12.3. The summed E-state index contributed by atoms with van der Waals surface area (Å²) in [5.74, 6) is 4.97. The molecule has 4 aliphatic rings. The fourth-order valence-electron chi connectivity index (χ4n) is 5.83. The second-order valence-electron chi connectivity index (χ2n) is 8.07. The third-order valence-corrected chi connectivity index (χ3v) is 6.80. The summed E-state index contributed by atoms with van der Waals surface area (Å²) in [5, 5.41) is 6.25. The van der Waals surface area contributed by atoms with Gasteiger partial charge in [0.25, 0.3) is 0 Å². The highest BCUT2D eigenvalue weighted by molar-refractivity contribution is 5.74. The van der Waals surface area contributed by atoms with Crippen LogP contribution in [-0.2, 0) is 6.54 Å². The number of benzene rings is 1. The Kier molecular flexibility index (Phi) is 3.75. The van der Waals surface area contributed by atoms with Gasteiger partial charge < -0.3 is 20.1 Å². The van der Waals surface area contributed by atoms with E-state index < -0.39 is 0 Å². The largest absolute Gasteiger partial charge is 0.486 e. The Hall–Kier alpha value is -1.91. The van der Waals surface area contributed by atoms with Crippen molar-refractivity contribution in [3.05, 3.63) is 23.8 Å². The zero-order valence-corrected chi connectivity index (χ0v) is 14.5. The van der Waals surface area contributed by atoms with Crippen molar-refractivity contribution in [2.24, 2.45) is 23.7 Å². The Labute approximate surface area is 148 Å². The van der Waals surface area contributed by atoms with Gasteiger partial charge in [-0.1, -0.05) is 12.5 Å². The van der Waals surface area contributed by atoms with Gasteiger partial charge in [0, 0.05) is 12.6 Å². The normalized spacial score (nSPS) is 34.6. The maximum absolute atomic E-state index is 12.4. The Morgan fingerprint density at radius 2 is 1.88 bits per heavy atom. The minimum absolute atomic E-state index is 0.0398. The van der Waals surface area contributed by atoms with Crippen molar-refractivity contribution in [2.75, 3.05) is 13.2 Å². The number of amides is 2. The fraction of sp³-hybridized carbons (Fsp3) is 0.650. The summed E-state index contributed by atoms with van der Waals surface area (Å²) in [5.41, 5.74) is 1.03. The van der Waals surface area contributed by atoms with Gasteiger partial charge in [-0.3, -0.25) is 0 Å². The van der Waals surface area contributed by atoms with Gasteiger partial charge in [-0.05, 0) is 67.1 Å². The molecule has 1 heterocycles. The van der Waals surface area contributed by atoms with Crippen molar-refractivity contribution < 1.29 is 14.3 Å². The van der Waals surface area contributed by atoms with Crippen LogP contribution in [0.2, 0.25) is 0 Å². The van der Waals surface area contributed by atoms with Crippen LogP contribution in [0.4, 0.5) is 4.79 Å². The van der Waals surface area contributed by atoms with Gasteiger partial charge in [0.15, 0.2) is 11.5 Å². The summed E-state index contributed by atoms with van der Waals surface area (Å²) in [6.45, 7) is 1.69. The molecule has 134 valence electrons. The molecule has 0 spiro atoms. The van der Waals surface area contributed by atoms with Crippen LogP contribution in [0.25, 0.3) is 0 Å². The molecular weight excluding hydrogens is 316 g/mol. The molecule has 2 N–H and O–H groups in total. The van der Waals surface area contributed by atoms with Crippen molar-refractivity contribution in [3.63, 3.8) is 0 Å². The Morgan fingerprint density at radius 3 is 2.80 bits per heavy atom. The van der Waals surface area contributed by atoms with Crippen molar-refractivity contribution in [1.29, 1.82) is 0 Å². The highest BCUT2D eigenvalue weighted by Crippen LogP contribution is 2.58. The molecule has 1 aromatic carbocycles. The Morgan fingerprint density at radius 1 is 1.04 bits per heavy atom. The highest BCUT2D eigenvalue weighted by Gasteiger charge is 2.54.